The molecule has 8 nitrogen and oxygen atoms in total. The molecule has 170 valence electrons. The number of rotatable bonds is 3. The number of anilines is 1. The fourth-order valence-corrected chi connectivity index (χ4v) is 4.39. The zero-order valence-electron chi connectivity index (χ0n) is 17.4. The van der Waals surface area contributed by atoms with Crippen LogP contribution in [0.1, 0.15) is 36.2 Å². The van der Waals surface area contributed by atoms with E-state index in [9.17, 15) is 18.7 Å². The Morgan fingerprint density at radius 3 is 2.84 bits per heavy atom. The van der Waals surface area contributed by atoms with E-state index in [1.54, 1.807) is 11.8 Å². The van der Waals surface area contributed by atoms with Gasteiger partial charge in [0.15, 0.2) is 0 Å². The summed E-state index contributed by atoms with van der Waals surface area (Å²) in [4.78, 5) is 21.8. The lowest BCUT2D eigenvalue weighted by Crippen LogP contribution is -2.59. The highest BCUT2D eigenvalue weighted by Gasteiger charge is 2.45. The second-order valence-corrected chi connectivity index (χ2v) is 8.23. The van der Waals surface area contributed by atoms with Crippen LogP contribution in [0.25, 0.3) is 11.3 Å². The zero-order valence-corrected chi connectivity index (χ0v) is 17.4. The van der Waals surface area contributed by atoms with Gasteiger partial charge in [-0.15, -0.1) is 0 Å². The van der Waals surface area contributed by atoms with Gasteiger partial charge in [0.25, 0.3) is 5.92 Å². The van der Waals surface area contributed by atoms with E-state index in [4.69, 9.17) is 4.74 Å². The molecule has 1 aromatic heterocycles. The normalized spacial score (nSPS) is 24.9. The van der Waals surface area contributed by atoms with Crippen LogP contribution in [0.4, 0.5) is 23.9 Å². The van der Waals surface area contributed by atoms with Crippen LogP contribution in [0.15, 0.2) is 12.1 Å². The van der Waals surface area contributed by atoms with Crippen molar-refractivity contribution in [3.05, 3.63) is 34.8 Å². The third-order valence-corrected chi connectivity index (χ3v) is 6.32. The molecule has 5 rings (SSSR count). The molecular formula is C21H21F3N4O4. The topological polar surface area (TPSA) is 96.8 Å². The largest absolute Gasteiger partial charge is 0.491 e. The smallest absolute Gasteiger partial charge is 0.407 e. The number of hydrogen-bond donors (Lipinski definition) is 2. The molecular weight excluding hydrogens is 429 g/mol. The lowest BCUT2D eigenvalue weighted by atomic mass is 9.99. The quantitative estimate of drug-likeness (QED) is 0.742. The van der Waals surface area contributed by atoms with Crippen molar-refractivity contribution in [3.8, 4) is 17.0 Å². The minimum Gasteiger partial charge on any atom is -0.491 e. The predicted molar refractivity (Wildman–Crippen MR) is 106 cm³/mol. The molecule has 1 saturated heterocycles. The van der Waals surface area contributed by atoms with E-state index in [2.05, 4.69) is 20.0 Å². The van der Waals surface area contributed by atoms with E-state index in [1.165, 1.54) is 19.2 Å². The molecule has 0 radical (unpaired) electrons. The number of β-amino-alcohol motifs (C(OH)–C–C–N with tert-alkyl or cyclic N) is 1. The van der Waals surface area contributed by atoms with Crippen molar-refractivity contribution >= 4 is 12.0 Å². The molecule has 0 saturated carbocycles. The van der Waals surface area contributed by atoms with E-state index in [1.807, 2.05) is 0 Å². The summed E-state index contributed by atoms with van der Waals surface area (Å²) in [5, 5.41) is 12.3. The number of hydrogen-bond acceptors (Lipinski definition) is 7. The van der Waals surface area contributed by atoms with E-state index in [-0.39, 0.29) is 65.4 Å². The SMILES string of the molecule is COC(=O)N[C@@H]1COc2cc(-c3nc(N4C[C@@H](O)[C@@H]4C)nc4c3CCC4(F)F)cc(F)c21. The van der Waals surface area contributed by atoms with Crippen LogP contribution >= 0.6 is 0 Å². The first-order chi connectivity index (χ1) is 15.2. The second-order valence-electron chi connectivity index (χ2n) is 8.23. The van der Waals surface area contributed by atoms with Crippen LogP contribution in [-0.4, -0.2) is 53.6 Å². The van der Waals surface area contributed by atoms with E-state index in [0.717, 1.165) is 0 Å². The molecule has 1 aromatic carbocycles. The zero-order chi connectivity index (χ0) is 22.8. The highest BCUT2D eigenvalue weighted by atomic mass is 19.3. The van der Waals surface area contributed by atoms with Gasteiger partial charge in [0.1, 0.15) is 23.9 Å². The number of alkyl carbamates (subject to hydrolysis) is 1. The molecule has 0 bridgehead atoms. The number of fused-ring (bicyclic) bond motifs is 2. The standard InChI is InChI=1S/C21H21F3N4O4/c1-9-14(29)7-28(9)19-26-17(11-3-4-21(23,24)18(11)27-19)10-5-12(22)16-13(25-20(30)31-2)8-32-15(16)6-10/h5-6,9,13-14,29H,3-4,7-8H2,1-2H3,(H,25,30)/t9-,13+,14+/m0/s1. The summed E-state index contributed by atoms with van der Waals surface area (Å²) in [6, 6.07) is 1.69. The van der Waals surface area contributed by atoms with Gasteiger partial charge in [-0.25, -0.2) is 19.2 Å². The molecule has 3 aliphatic rings. The number of aliphatic hydroxyl groups excluding tert-OH is 1. The Hall–Kier alpha value is -3.08. The highest BCUT2D eigenvalue weighted by Crippen LogP contribution is 2.46. The maximum Gasteiger partial charge on any atom is 0.407 e. The number of ether oxygens (including phenoxy) is 2. The van der Waals surface area contributed by atoms with E-state index >= 15 is 4.39 Å². The van der Waals surface area contributed by atoms with Gasteiger partial charge < -0.3 is 24.8 Å². The van der Waals surface area contributed by atoms with Crippen molar-refractivity contribution in [1.29, 1.82) is 0 Å². The first-order valence-corrected chi connectivity index (χ1v) is 10.2. The summed E-state index contributed by atoms with van der Waals surface area (Å²) in [6.07, 6.45) is -1.66. The number of amides is 1. The molecule has 1 amide bonds. The van der Waals surface area contributed by atoms with Crippen molar-refractivity contribution in [2.75, 3.05) is 25.2 Å². The van der Waals surface area contributed by atoms with Crippen LogP contribution in [0.3, 0.4) is 0 Å². The molecule has 1 aliphatic carbocycles. The lowest BCUT2D eigenvalue weighted by molar-refractivity contribution is -0.00603. The minimum atomic E-state index is -3.12. The van der Waals surface area contributed by atoms with Gasteiger partial charge in [-0.2, -0.15) is 8.78 Å². The van der Waals surface area contributed by atoms with Crippen molar-refractivity contribution in [2.45, 2.75) is 43.9 Å². The van der Waals surface area contributed by atoms with Gasteiger partial charge in [0.2, 0.25) is 5.95 Å². The number of nitrogens with one attached hydrogen (secondary N) is 1. The van der Waals surface area contributed by atoms with Crippen molar-refractivity contribution in [2.24, 2.45) is 0 Å². The Labute approximate surface area is 181 Å². The first kappa shape index (κ1) is 20.8. The van der Waals surface area contributed by atoms with Crippen LogP contribution in [0, 0.1) is 5.82 Å². The predicted octanol–water partition coefficient (Wildman–Crippen LogP) is 2.68. The summed E-state index contributed by atoms with van der Waals surface area (Å²) in [6.45, 7) is 1.99. The van der Waals surface area contributed by atoms with Crippen LogP contribution < -0.4 is 15.0 Å². The minimum absolute atomic E-state index is 0.0131. The number of carbonyl (C=O) groups excluding carboxylic acids is 1. The Balaban J connectivity index is 1.59. The second kappa shape index (κ2) is 7.22. The van der Waals surface area contributed by atoms with Gasteiger partial charge >= 0.3 is 6.09 Å². The van der Waals surface area contributed by atoms with Gasteiger partial charge in [-0.1, -0.05) is 0 Å². The number of halogens is 3. The third kappa shape index (κ3) is 3.14. The number of benzene rings is 1. The molecule has 2 N–H and O–H groups in total. The number of carbonyl (C=O) groups is 1. The molecule has 3 heterocycles. The summed E-state index contributed by atoms with van der Waals surface area (Å²) in [5.41, 5.74) is 0.568. The molecule has 0 unspecified atom stereocenters. The summed E-state index contributed by atoms with van der Waals surface area (Å²) < 4.78 is 54.3. The van der Waals surface area contributed by atoms with E-state index < -0.39 is 36.4 Å². The Kier molecular flexibility index (Phi) is 4.70. The summed E-state index contributed by atoms with van der Waals surface area (Å²) in [7, 11) is 1.20. The molecule has 2 aromatic rings. The first-order valence-electron chi connectivity index (χ1n) is 10.2. The van der Waals surface area contributed by atoms with Crippen LogP contribution in [-0.2, 0) is 17.1 Å². The fourth-order valence-electron chi connectivity index (χ4n) is 4.39. The van der Waals surface area contributed by atoms with Gasteiger partial charge in [-0.05, 0) is 25.5 Å². The Morgan fingerprint density at radius 1 is 1.38 bits per heavy atom. The lowest BCUT2D eigenvalue weighted by Gasteiger charge is -2.43. The molecule has 2 aliphatic heterocycles. The number of aromatic nitrogens is 2. The van der Waals surface area contributed by atoms with E-state index in [0.29, 0.717) is 0 Å². The molecule has 32 heavy (non-hydrogen) atoms. The average molecular weight is 450 g/mol. The Bertz CT molecular complexity index is 1110. The highest BCUT2D eigenvalue weighted by molar-refractivity contribution is 5.72. The van der Waals surface area contributed by atoms with Crippen LogP contribution in [0.5, 0.6) is 5.75 Å². The van der Waals surface area contributed by atoms with Crippen molar-refractivity contribution < 1.29 is 32.5 Å². The van der Waals surface area contributed by atoms with Gasteiger partial charge in [0.05, 0.1) is 36.6 Å². The van der Waals surface area contributed by atoms with Crippen molar-refractivity contribution in [1.82, 2.24) is 15.3 Å². The summed E-state index contributed by atoms with van der Waals surface area (Å²) in [5.74, 6) is -3.49. The molecule has 1 fully saturated rings. The monoisotopic (exact) mass is 450 g/mol. The summed E-state index contributed by atoms with van der Waals surface area (Å²) >= 11 is 0. The van der Waals surface area contributed by atoms with Gasteiger partial charge in [-0.3, -0.25) is 0 Å². The average Bonchev–Trinajstić information content (AvgIpc) is 3.31. The molecule has 3 atom stereocenters. The maximum atomic E-state index is 15.1. The number of methoxy groups -OCH3 is 1. The molecule has 11 heteroatoms. The van der Waals surface area contributed by atoms with Crippen LogP contribution in [0.2, 0.25) is 0 Å². The van der Waals surface area contributed by atoms with Crippen molar-refractivity contribution in [3.63, 3.8) is 0 Å². The fraction of sp³-hybridized carbons (Fsp3) is 0.476. The van der Waals surface area contributed by atoms with Gasteiger partial charge in [0, 0.05) is 24.1 Å². The number of aliphatic hydroxyl groups is 1. The number of nitrogens with zero attached hydrogens (tertiary/aromatic N) is 3. The Morgan fingerprint density at radius 2 is 2.16 bits per heavy atom. The molecule has 0 spiro atoms. The number of alkyl halides is 2. The maximum absolute atomic E-state index is 15.1. The third-order valence-electron chi connectivity index (χ3n) is 6.32.